The van der Waals surface area contributed by atoms with Crippen LogP contribution in [0.1, 0.15) is 20.8 Å². The Morgan fingerprint density at radius 2 is 1.77 bits per heavy atom. The van der Waals surface area contributed by atoms with Gasteiger partial charge in [-0.2, -0.15) is 4.31 Å². The monoisotopic (exact) mass is 499 g/mol. The normalized spacial score (nSPS) is 14.7. The van der Waals surface area contributed by atoms with Crippen molar-refractivity contribution in [1.29, 1.82) is 0 Å². The SMILES string of the molecule is CS(=O)(=O)Nc1nnc(NC(=O)c2sccc2S(=O)(=O)N2CCc3ccccc3C2)s1. The number of nitrogens with zero attached hydrogens (tertiary/aromatic N) is 3. The predicted octanol–water partition coefficient (Wildman–Crippen LogP) is 1.97. The first kappa shape index (κ1) is 21.8. The summed E-state index contributed by atoms with van der Waals surface area (Å²) >= 11 is 1.82. The fraction of sp³-hybridized carbons (Fsp3) is 0.235. The van der Waals surface area contributed by atoms with E-state index in [1.807, 2.05) is 24.3 Å². The summed E-state index contributed by atoms with van der Waals surface area (Å²) in [7, 11) is -7.42. The van der Waals surface area contributed by atoms with Gasteiger partial charge in [0.25, 0.3) is 5.91 Å². The highest BCUT2D eigenvalue weighted by Crippen LogP contribution is 2.30. The number of anilines is 2. The van der Waals surface area contributed by atoms with E-state index in [1.54, 1.807) is 0 Å². The van der Waals surface area contributed by atoms with E-state index >= 15 is 0 Å². The maximum atomic E-state index is 13.2. The topological polar surface area (TPSA) is 138 Å². The van der Waals surface area contributed by atoms with Gasteiger partial charge in [0.1, 0.15) is 9.77 Å². The van der Waals surface area contributed by atoms with Crippen molar-refractivity contribution in [2.75, 3.05) is 22.8 Å². The van der Waals surface area contributed by atoms with Crippen molar-refractivity contribution in [3.63, 3.8) is 0 Å². The van der Waals surface area contributed by atoms with Crippen molar-refractivity contribution >= 4 is 58.9 Å². The van der Waals surface area contributed by atoms with Crippen LogP contribution in [-0.4, -0.2) is 50.0 Å². The molecule has 0 atom stereocenters. The van der Waals surface area contributed by atoms with E-state index in [9.17, 15) is 21.6 Å². The smallest absolute Gasteiger partial charge is 0.268 e. The van der Waals surface area contributed by atoms with Crippen molar-refractivity contribution < 1.29 is 21.6 Å². The van der Waals surface area contributed by atoms with Gasteiger partial charge in [-0.15, -0.1) is 21.5 Å². The van der Waals surface area contributed by atoms with Gasteiger partial charge < -0.3 is 0 Å². The Kier molecular flexibility index (Phi) is 5.83. The lowest BCUT2D eigenvalue weighted by Crippen LogP contribution is -2.36. The van der Waals surface area contributed by atoms with Crippen LogP contribution in [0.5, 0.6) is 0 Å². The first-order valence-electron chi connectivity index (χ1n) is 8.90. The molecule has 31 heavy (non-hydrogen) atoms. The summed E-state index contributed by atoms with van der Waals surface area (Å²) in [6.07, 6.45) is 1.57. The second-order valence-corrected chi connectivity index (χ2v) is 12.3. The second kappa shape index (κ2) is 8.27. The third-order valence-electron chi connectivity index (χ3n) is 4.47. The van der Waals surface area contributed by atoms with Crippen LogP contribution in [0.4, 0.5) is 10.3 Å². The molecule has 2 aromatic heterocycles. The molecule has 1 aromatic carbocycles. The first-order chi connectivity index (χ1) is 14.6. The molecule has 1 amide bonds. The molecule has 3 heterocycles. The average Bonchev–Trinajstić information content (AvgIpc) is 3.36. The number of nitrogens with one attached hydrogen (secondary N) is 2. The van der Waals surface area contributed by atoms with E-state index in [0.29, 0.717) is 13.0 Å². The number of carbonyl (C=O) groups is 1. The van der Waals surface area contributed by atoms with Gasteiger partial charge in [-0.1, -0.05) is 35.6 Å². The van der Waals surface area contributed by atoms with Gasteiger partial charge in [-0.05, 0) is 29.0 Å². The van der Waals surface area contributed by atoms with E-state index in [2.05, 4.69) is 20.2 Å². The van der Waals surface area contributed by atoms with Crippen LogP contribution in [0, 0.1) is 0 Å². The number of aromatic nitrogens is 2. The van der Waals surface area contributed by atoms with Gasteiger partial charge in [0, 0.05) is 13.1 Å². The number of hydrogen-bond donors (Lipinski definition) is 2. The molecule has 3 aromatic rings. The van der Waals surface area contributed by atoms with Crippen molar-refractivity contribution in [3.8, 4) is 0 Å². The van der Waals surface area contributed by atoms with E-state index in [1.165, 1.54) is 15.8 Å². The summed E-state index contributed by atoms with van der Waals surface area (Å²) in [4.78, 5) is 12.7. The molecule has 0 aliphatic carbocycles. The maximum Gasteiger partial charge on any atom is 0.268 e. The summed E-state index contributed by atoms with van der Waals surface area (Å²) in [6.45, 7) is 0.569. The Hall–Kier alpha value is -2.39. The minimum Gasteiger partial charge on any atom is -0.296 e. The van der Waals surface area contributed by atoms with Gasteiger partial charge in [0.05, 0.1) is 6.26 Å². The standard InChI is InChI=1S/C17H17N5O5S4/c1-30(24,25)21-17-20-19-16(29-17)18-15(23)14-13(7-9-28-14)31(26,27)22-8-6-11-4-2-3-5-12(11)10-22/h2-5,7,9H,6,8,10H2,1H3,(H,20,21)(H,18,19,23). The lowest BCUT2D eigenvalue weighted by Gasteiger charge is -2.28. The molecule has 14 heteroatoms. The van der Waals surface area contributed by atoms with Crippen LogP contribution in [-0.2, 0) is 33.0 Å². The molecule has 0 saturated carbocycles. The van der Waals surface area contributed by atoms with Gasteiger partial charge in [-0.3, -0.25) is 14.8 Å². The average molecular weight is 500 g/mol. The number of carbonyl (C=O) groups excluding carboxylic acids is 1. The number of thiophene rings is 1. The number of rotatable bonds is 6. The Bertz CT molecular complexity index is 1350. The minimum absolute atomic E-state index is 0.0104. The Morgan fingerprint density at radius 3 is 2.52 bits per heavy atom. The Labute approximate surface area is 187 Å². The molecule has 0 saturated heterocycles. The van der Waals surface area contributed by atoms with Gasteiger partial charge in [-0.25, -0.2) is 16.8 Å². The molecular weight excluding hydrogens is 482 g/mol. The lowest BCUT2D eigenvalue weighted by atomic mass is 10.0. The van der Waals surface area contributed by atoms with Crippen molar-refractivity contribution in [2.45, 2.75) is 17.9 Å². The molecular formula is C17H17N5O5S4. The molecule has 1 aliphatic heterocycles. The molecule has 10 nitrogen and oxygen atoms in total. The van der Waals surface area contributed by atoms with E-state index in [4.69, 9.17) is 0 Å². The fourth-order valence-corrected chi connectivity index (χ4v) is 7.29. The van der Waals surface area contributed by atoms with E-state index in [0.717, 1.165) is 40.1 Å². The van der Waals surface area contributed by atoms with Gasteiger partial charge >= 0.3 is 0 Å². The van der Waals surface area contributed by atoms with Crippen LogP contribution in [0.2, 0.25) is 0 Å². The number of hydrogen-bond acceptors (Lipinski definition) is 9. The van der Waals surface area contributed by atoms with E-state index < -0.39 is 26.0 Å². The number of amides is 1. The van der Waals surface area contributed by atoms with Crippen LogP contribution in [0.3, 0.4) is 0 Å². The van der Waals surface area contributed by atoms with E-state index in [-0.39, 0.29) is 26.6 Å². The molecule has 0 spiro atoms. The van der Waals surface area contributed by atoms with Crippen LogP contribution >= 0.6 is 22.7 Å². The molecule has 2 N–H and O–H groups in total. The van der Waals surface area contributed by atoms with Crippen LogP contribution < -0.4 is 10.0 Å². The van der Waals surface area contributed by atoms with Crippen molar-refractivity contribution in [2.24, 2.45) is 0 Å². The fourth-order valence-electron chi connectivity index (χ4n) is 3.11. The number of benzene rings is 1. The third kappa shape index (κ3) is 4.77. The van der Waals surface area contributed by atoms with Crippen molar-refractivity contribution in [3.05, 3.63) is 51.7 Å². The van der Waals surface area contributed by atoms with Gasteiger partial charge in [0.15, 0.2) is 0 Å². The van der Waals surface area contributed by atoms with Crippen LogP contribution in [0.15, 0.2) is 40.6 Å². The minimum atomic E-state index is -3.89. The first-order valence-corrected chi connectivity index (χ1v) is 13.9. The summed E-state index contributed by atoms with van der Waals surface area (Å²) in [5.74, 6) is -0.659. The molecule has 4 rings (SSSR count). The zero-order valence-corrected chi connectivity index (χ0v) is 19.4. The summed E-state index contributed by atoms with van der Waals surface area (Å²) < 4.78 is 52.6. The highest BCUT2D eigenvalue weighted by molar-refractivity contribution is 7.92. The molecule has 0 unspecified atom stereocenters. The second-order valence-electron chi connectivity index (χ2n) is 6.71. The highest BCUT2D eigenvalue weighted by Gasteiger charge is 2.32. The summed E-state index contributed by atoms with van der Waals surface area (Å²) in [5, 5.41) is 11.4. The van der Waals surface area contributed by atoms with Crippen LogP contribution in [0.25, 0.3) is 0 Å². The summed E-state index contributed by atoms with van der Waals surface area (Å²) in [5.41, 5.74) is 2.06. The van der Waals surface area contributed by atoms with Crippen molar-refractivity contribution in [1.82, 2.24) is 14.5 Å². The van der Waals surface area contributed by atoms with Gasteiger partial charge in [0.2, 0.25) is 30.3 Å². The number of fused-ring (bicyclic) bond motifs is 1. The third-order valence-corrected chi connectivity index (χ3v) is 8.84. The number of sulfonamides is 2. The predicted molar refractivity (Wildman–Crippen MR) is 118 cm³/mol. The zero-order chi connectivity index (χ0) is 22.2. The molecule has 1 aliphatic rings. The maximum absolute atomic E-state index is 13.2. The summed E-state index contributed by atoms with van der Waals surface area (Å²) in [6, 6.07) is 9.09. The Balaban J connectivity index is 1.54. The zero-order valence-electron chi connectivity index (χ0n) is 16.1. The molecule has 0 radical (unpaired) electrons. The lowest BCUT2D eigenvalue weighted by molar-refractivity contribution is 0.102. The molecule has 0 fully saturated rings. The largest absolute Gasteiger partial charge is 0.296 e. The Morgan fingerprint density at radius 1 is 1.06 bits per heavy atom. The molecule has 0 bridgehead atoms. The quantitative estimate of drug-likeness (QED) is 0.529. The highest BCUT2D eigenvalue weighted by atomic mass is 32.2. The molecule has 164 valence electrons.